The van der Waals surface area contributed by atoms with Gasteiger partial charge in [0.1, 0.15) is 5.82 Å². The summed E-state index contributed by atoms with van der Waals surface area (Å²) in [5, 5.41) is 3.40. The highest BCUT2D eigenvalue weighted by molar-refractivity contribution is 5.28. The summed E-state index contributed by atoms with van der Waals surface area (Å²) in [6.45, 7) is 8.39. The smallest absolute Gasteiger partial charge is 0.132 e. The summed E-state index contributed by atoms with van der Waals surface area (Å²) in [4.78, 5) is 8.92. The van der Waals surface area contributed by atoms with Gasteiger partial charge in [0.2, 0.25) is 0 Å². The van der Waals surface area contributed by atoms with E-state index in [1.807, 2.05) is 12.4 Å². The van der Waals surface area contributed by atoms with Crippen molar-refractivity contribution < 1.29 is 0 Å². The van der Waals surface area contributed by atoms with Gasteiger partial charge in [0.05, 0.1) is 0 Å². The first-order chi connectivity index (χ1) is 9.65. The molecule has 0 atom stereocenters. The van der Waals surface area contributed by atoms with Crippen LogP contribution in [0.25, 0.3) is 0 Å². The van der Waals surface area contributed by atoms with Crippen LogP contribution in [-0.4, -0.2) is 16.5 Å². The number of benzene rings is 1. The zero-order valence-electron chi connectivity index (χ0n) is 12.6. The molecule has 0 aliphatic heterocycles. The monoisotopic (exact) mass is 269 g/mol. The maximum Gasteiger partial charge on any atom is 0.132 e. The van der Waals surface area contributed by atoms with Gasteiger partial charge in [0, 0.05) is 30.9 Å². The van der Waals surface area contributed by atoms with E-state index >= 15 is 0 Å². The van der Waals surface area contributed by atoms with E-state index in [2.05, 4.69) is 60.3 Å². The Morgan fingerprint density at radius 1 is 1.10 bits per heavy atom. The van der Waals surface area contributed by atoms with E-state index in [4.69, 9.17) is 0 Å². The molecule has 0 saturated heterocycles. The Morgan fingerprint density at radius 3 is 2.45 bits per heavy atom. The first kappa shape index (κ1) is 14.7. The number of aromatic nitrogens is 2. The Bertz CT molecular complexity index is 532. The van der Waals surface area contributed by atoms with Crippen LogP contribution in [0.1, 0.15) is 36.4 Å². The molecule has 1 N–H and O–H groups in total. The van der Waals surface area contributed by atoms with Crippen LogP contribution in [-0.2, 0) is 13.0 Å². The molecule has 0 fully saturated rings. The molecule has 20 heavy (non-hydrogen) atoms. The lowest BCUT2D eigenvalue weighted by Crippen LogP contribution is -2.19. The summed E-state index contributed by atoms with van der Waals surface area (Å²) in [7, 11) is 0. The van der Waals surface area contributed by atoms with Crippen LogP contribution in [0.5, 0.6) is 0 Å². The molecule has 0 saturated carbocycles. The molecule has 1 heterocycles. The zero-order valence-corrected chi connectivity index (χ0v) is 12.6. The highest BCUT2D eigenvalue weighted by Crippen LogP contribution is 2.10. The van der Waals surface area contributed by atoms with Gasteiger partial charge in [-0.25, -0.2) is 9.97 Å². The Balaban J connectivity index is 1.93. The van der Waals surface area contributed by atoms with Gasteiger partial charge in [-0.15, -0.1) is 0 Å². The number of nitrogens with zero attached hydrogens (tertiary/aromatic N) is 2. The fourth-order valence-electron chi connectivity index (χ4n) is 2.05. The van der Waals surface area contributed by atoms with Crippen molar-refractivity contribution in [2.75, 3.05) is 6.54 Å². The summed E-state index contributed by atoms with van der Waals surface area (Å²) in [6, 6.07) is 8.38. The molecular formula is C17H23N3. The predicted octanol–water partition coefficient (Wildman–Crippen LogP) is 3.12. The average Bonchev–Trinajstić information content (AvgIpc) is 2.43. The topological polar surface area (TPSA) is 37.8 Å². The van der Waals surface area contributed by atoms with Gasteiger partial charge in [0.15, 0.2) is 0 Å². The lowest BCUT2D eigenvalue weighted by molar-refractivity contribution is 0.551. The van der Waals surface area contributed by atoms with Crippen LogP contribution in [0.4, 0.5) is 0 Å². The SMILES string of the molecule is Cc1ccccc1Cc1ncc(CNCC(C)C)cn1. The molecule has 1 aromatic carbocycles. The van der Waals surface area contributed by atoms with Crippen molar-refractivity contribution >= 4 is 0 Å². The summed E-state index contributed by atoms with van der Waals surface area (Å²) >= 11 is 0. The largest absolute Gasteiger partial charge is 0.312 e. The minimum absolute atomic E-state index is 0.663. The lowest BCUT2D eigenvalue weighted by Gasteiger charge is -2.08. The summed E-state index contributed by atoms with van der Waals surface area (Å²) in [6.07, 6.45) is 4.65. The second-order valence-electron chi connectivity index (χ2n) is 5.64. The second-order valence-corrected chi connectivity index (χ2v) is 5.64. The minimum Gasteiger partial charge on any atom is -0.312 e. The number of rotatable bonds is 6. The van der Waals surface area contributed by atoms with Crippen molar-refractivity contribution in [1.82, 2.24) is 15.3 Å². The van der Waals surface area contributed by atoms with Gasteiger partial charge >= 0.3 is 0 Å². The van der Waals surface area contributed by atoms with Crippen LogP contribution in [0.2, 0.25) is 0 Å². The summed E-state index contributed by atoms with van der Waals surface area (Å²) in [5.41, 5.74) is 3.72. The molecule has 0 aliphatic rings. The van der Waals surface area contributed by atoms with Crippen LogP contribution in [0.3, 0.4) is 0 Å². The molecule has 2 rings (SSSR count). The van der Waals surface area contributed by atoms with Gasteiger partial charge in [-0.2, -0.15) is 0 Å². The van der Waals surface area contributed by atoms with Crippen molar-refractivity contribution in [3.8, 4) is 0 Å². The third-order valence-electron chi connectivity index (χ3n) is 3.25. The van der Waals surface area contributed by atoms with Crippen molar-refractivity contribution in [1.29, 1.82) is 0 Å². The fraction of sp³-hybridized carbons (Fsp3) is 0.412. The molecule has 0 radical (unpaired) electrons. The van der Waals surface area contributed by atoms with Gasteiger partial charge in [-0.3, -0.25) is 0 Å². The summed E-state index contributed by atoms with van der Waals surface area (Å²) < 4.78 is 0. The average molecular weight is 269 g/mol. The van der Waals surface area contributed by atoms with Crippen LogP contribution >= 0.6 is 0 Å². The minimum atomic E-state index is 0.663. The van der Waals surface area contributed by atoms with E-state index in [0.717, 1.165) is 30.9 Å². The Morgan fingerprint density at radius 2 is 1.80 bits per heavy atom. The highest BCUT2D eigenvalue weighted by atomic mass is 14.9. The third-order valence-corrected chi connectivity index (χ3v) is 3.25. The number of hydrogen-bond acceptors (Lipinski definition) is 3. The summed E-state index contributed by atoms with van der Waals surface area (Å²) in [5.74, 6) is 1.54. The van der Waals surface area contributed by atoms with E-state index in [-0.39, 0.29) is 0 Å². The highest BCUT2D eigenvalue weighted by Gasteiger charge is 2.02. The van der Waals surface area contributed by atoms with Crippen LogP contribution < -0.4 is 5.32 Å². The van der Waals surface area contributed by atoms with Crippen molar-refractivity contribution in [2.45, 2.75) is 33.7 Å². The first-order valence-corrected chi connectivity index (χ1v) is 7.20. The standard InChI is InChI=1S/C17H23N3/c1-13(2)9-18-10-15-11-19-17(20-12-15)8-16-7-5-4-6-14(16)3/h4-7,11-13,18H,8-10H2,1-3H3. The van der Waals surface area contributed by atoms with E-state index in [0.29, 0.717) is 5.92 Å². The van der Waals surface area contributed by atoms with Crippen LogP contribution in [0, 0.1) is 12.8 Å². The zero-order chi connectivity index (χ0) is 14.4. The molecule has 0 aliphatic carbocycles. The molecule has 3 heteroatoms. The number of aryl methyl sites for hydroxylation is 1. The molecule has 1 aromatic heterocycles. The fourth-order valence-corrected chi connectivity index (χ4v) is 2.05. The Labute approximate surface area is 121 Å². The van der Waals surface area contributed by atoms with E-state index in [1.54, 1.807) is 0 Å². The maximum atomic E-state index is 4.46. The molecular weight excluding hydrogens is 246 g/mol. The number of nitrogens with one attached hydrogen (secondary N) is 1. The first-order valence-electron chi connectivity index (χ1n) is 7.20. The Kier molecular flexibility index (Phi) is 5.24. The molecule has 0 bridgehead atoms. The molecule has 0 unspecified atom stereocenters. The van der Waals surface area contributed by atoms with Crippen molar-refractivity contribution in [3.63, 3.8) is 0 Å². The number of hydrogen-bond donors (Lipinski definition) is 1. The van der Waals surface area contributed by atoms with Crippen molar-refractivity contribution in [2.24, 2.45) is 5.92 Å². The van der Waals surface area contributed by atoms with Crippen molar-refractivity contribution in [3.05, 3.63) is 59.2 Å². The lowest BCUT2D eigenvalue weighted by atomic mass is 10.1. The molecule has 106 valence electrons. The van der Waals surface area contributed by atoms with E-state index in [1.165, 1.54) is 11.1 Å². The molecule has 0 amide bonds. The third kappa shape index (κ3) is 4.42. The van der Waals surface area contributed by atoms with E-state index < -0.39 is 0 Å². The van der Waals surface area contributed by atoms with Gasteiger partial charge < -0.3 is 5.32 Å². The molecule has 3 nitrogen and oxygen atoms in total. The van der Waals surface area contributed by atoms with Crippen LogP contribution in [0.15, 0.2) is 36.7 Å². The second kappa shape index (κ2) is 7.15. The predicted molar refractivity (Wildman–Crippen MR) is 82.6 cm³/mol. The van der Waals surface area contributed by atoms with Gasteiger partial charge in [-0.05, 0) is 30.5 Å². The van der Waals surface area contributed by atoms with Gasteiger partial charge in [0.25, 0.3) is 0 Å². The normalized spacial score (nSPS) is 11.0. The quantitative estimate of drug-likeness (QED) is 0.875. The molecule has 2 aromatic rings. The van der Waals surface area contributed by atoms with E-state index in [9.17, 15) is 0 Å². The Hall–Kier alpha value is -1.74. The molecule has 0 spiro atoms. The van der Waals surface area contributed by atoms with Gasteiger partial charge in [-0.1, -0.05) is 38.1 Å². The maximum absolute atomic E-state index is 4.46.